The molecule has 13 nitrogen and oxygen atoms in total. The molecule has 1 fully saturated rings. The number of nitrogens with zero attached hydrogens (tertiary/aromatic N) is 4. The highest BCUT2D eigenvalue weighted by Crippen LogP contribution is 2.41. The second-order valence-corrected chi connectivity index (χ2v) is 7.30. The number of hydrogen-bond acceptors (Lipinski definition) is 10. The van der Waals surface area contributed by atoms with E-state index in [4.69, 9.17) is 15.2 Å². The molecule has 2 heterocycles. The summed E-state index contributed by atoms with van der Waals surface area (Å²) in [5.74, 6) is 0.0311. The topological polar surface area (TPSA) is 186 Å². The normalized spacial score (nSPS) is 21.4. The first-order chi connectivity index (χ1) is 15.2. The lowest BCUT2D eigenvalue weighted by Crippen LogP contribution is -2.32. The monoisotopic (exact) mass is 449 g/mol. The molecule has 4 atom stereocenters. The van der Waals surface area contributed by atoms with Crippen LogP contribution in [0.4, 0.5) is 17.2 Å². The molecule has 1 aliphatic heterocycles. The van der Waals surface area contributed by atoms with Crippen molar-refractivity contribution in [3.8, 4) is 0 Å². The molecule has 0 saturated carbocycles. The summed E-state index contributed by atoms with van der Waals surface area (Å²) in [6.45, 7) is 2.15. The van der Waals surface area contributed by atoms with E-state index in [1.54, 1.807) is 0 Å². The molecule has 32 heavy (non-hydrogen) atoms. The molecule has 1 aliphatic rings. The zero-order valence-corrected chi connectivity index (χ0v) is 17.2. The number of unbranched alkanes of at least 4 members (excludes halogenated alkanes) is 1. The van der Waals surface area contributed by atoms with Crippen molar-refractivity contribution in [2.45, 2.75) is 50.7 Å². The summed E-state index contributed by atoms with van der Waals surface area (Å²) in [5, 5.41) is 33.4. The number of nitro benzene ring substituents is 2. The Balaban J connectivity index is 1.98. The fourth-order valence-corrected chi connectivity index (χ4v) is 3.53. The second kappa shape index (κ2) is 9.80. The Bertz CT molecular complexity index is 1060. The Morgan fingerprint density at radius 1 is 1.34 bits per heavy atom. The van der Waals surface area contributed by atoms with E-state index in [0.29, 0.717) is 6.42 Å². The minimum atomic E-state index is -1.13. The summed E-state index contributed by atoms with van der Waals surface area (Å²) in [5.41, 5.74) is 3.89. The van der Waals surface area contributed by atoms with Gasteiger partial charge in [0.1, 0.15) is 24.3 Å². The maximum absolute atomic E-state index is 12.2. The first-order valence-corrected chi connectivity index (χ1v) is 9.95. The van der Waals surface area contributed by atoms with Crippen LogP contribution < -0.4 is 11.4 Å². The summed E-state index contributed by atoms with van der Waals surface area (Å²) in [6.07, 6.45) is -1.38. The molecule has 3 N–H and O–H groups in total. The molecule has 1 saturated heterocycles. The minimum Gasteiger partial charge on any atom is -0.390 e. The molecule has 0 spiro atoms. The van der Waals surface area contributed by atoms with E-state index >= 15 is 0 Å². The Hall–Kier alpha value is -3.42. The molecule has 13 heteroatoms. The second-order valence-electron chi connectivity index (χ2n) is 7.30. The van der Waals surface area contributed by atoms with Crippen molar-refractivity contribution >= 4 is 17.2 Å². The first-order valence-electron chi connectivity index (χ1n) is 9.95. The lowest BCUT2D eigenvalue weighted by atomic mass is 9.98. The molecule has 1 aromatic carbocycles. The number of nitrogens with two attached hydrogens (primary N) is 1. The maximum Gasteiger partial charge on any atom is 0.351 e. The van der Waals surface area contributed by atoms with E-state index in [9.17, 15) is 30.1 Å². The number of anilines is 1. The Morgan fingerprint density at radius 3 is 2.72 bits per heavy atom. The Kier molecular flexibility index (Phi) is 7.12. The molecule has 1 unspecified atom stereocenters. The highest BCUT2D eigenvalue weighted by atomic mass is 16.6. The van der Waals surface area contributed by atoms with Gasteiger partial charge in [0.15, 0.2) is 0 Å². The highest BCUT2D eigenvalue weighted by molar-refractivity contribution is 5.50. The molecular weight excluding hydrogens is 426 g/mol. The van der Waals surface area contributed by atoms with Crippen LogP contribution in [-0.2, 0) is 9.47 Å². The average molecular weight is 449 g/mol. The average Bonchev–Trinajstić information content (AvgIpc) is 3.11. The van der Waals surface area contributed by atoms with Crippen LogP contribution in [0.5, 0.6) is 0 Å². The summed E-state index contributed by atoms with van der Waals surface area (Å²) in [7, 11) is 0. The van der Waals surface area contributed by atoms with E-state index in [2.05, 4.69) is 4.98 Å². The van der Waals surface area contributed by atoms with Gasteiger partial charge < -0.3 is 20.3 Å². The number of ether oxygens (including phenoxy) is 2. The standard InChI is InChI=1S/C19H23N5O8/c1-2-3-8-31-17(12-5-4-11(23(27)28)9-13(12)24(29)30)18-14(25)10-16(32-18)22-7-6-15(20)21-19(22)26/h4-7,9,14,16-18,25H,2-3,8,10H2,1H3,(H2,20,21,26)/t14-,16+,17?,18-/m0/s1. The van der Waals surface area contributed by atoms with Crippen LogP contribution in [0.2, 0.25) is 0 Å². The van der Waals surface area contributed by atoms with Crippen molar-refractivity contribution < 1.29 is 24.4 Å². The number of nitrogen functional groups attached to an aromatic ring is 1. The van der Waals surface area contributed by atoms with Crippen LogP contribution >= 0.6 is 0 Å². The number of aliphatic hydroxyl groups is 1. The van der Waals surface area contributed by atoms with E-state index in [-0.39, 0.29) is 24.4 Å². The highest BCUT2D eigenvalue weighted by Gasteiger charge is 2.43. The fraction of sp³-hybridized carbons (Fsp3) is 0.474. The fourth-order valence-electron chi connectivity index (χ4n) is 3.53. The van der Waals surface area contributed by atoms with Crippen LogP contribution in [0.25, 0.3) is 0 Å². The van der Waals surface area contributed by atoms with Gasteiger partial charge in [-0.15, -0.1) is 0 Å². The van der Waals surface area contributed by atoms with Crippen molar-refractivity contribution in [3.05, 3.63) is 66.7 Å². The van der Waals surface area contributed by atoms with Crippen LogP contribution in [0, 0.1) is 20.2 Å². The van der Waals surface area contributed by atoms with Crippen LogP contribution in [0.3, 0.4) is 0 Å². The van der Waals surface area contributed by atoms with Gasteiger partial charge >= 0.3 is 5.69 Å². The molecule has 0 bridgehead atoms. The number of non-ortho nitro benzene ring substituents is 1. The van der Waals surface area contributed by atoms with Crippen LogP contribution in [0.1, 0.15) is 44.1 Å². The van der Waals surface area contributed by atoms with Crippen molar-refractivity contribution in [1.29, 1.82) is 0 Å². The van der Waals surface area contributed by atoms with Gasteiger partial charge in [-0.2, -0.15) is 4.98 Å². The van der Waals surface area contributed by atoms with Gasteiger partial charge in [-0.1, -0.05) is 13.3 Å². The van der Waals surface area contributed by atoms with Crippen molar-refractivity contribution in [2.24, 2.45) is 0 Å². The first kappa shape index (κ1) is 23.2. The molecule has 0 radical (unpaired) electrons. The number of aromatic nitrogens is 2. The SMILES string of the molecule is CCCCOC(c1ccc([N+](=O)[O-])cc1[N+](=O)[O-])[C@H]1O[C@@H](n2ccc(N)nc2=O)C[C@@H]1O. The Morgan fingerprint density at radius 2 is 2.09 bits per heavy atom. The Labute approximate surface area is 181 Å². The third-order valence-corrected chi connectivity index (χ3v) is 5.12. The molecule has 2 aromatic rings. The molecular formula is C19H23N5O8. The summed E-state index contributed by atoms with van der Waals surface area (Å²) in [4.78, 5) is 37.0. The molecule has 0 aliphatic carbocycles. The maximum atomic E-state index is 12.2. The zero-order valence-electron chi connectivity index (χ0n) is 17.2. The summed E-state index contributed by atoms with van der Waals surface area (Å²) in [6, 6.07) is 4.61. The number of hydrogen-bond donors (Lipinski definition) is 2. The zero-order chi connectivity index (χ0) is 23.4. The molecule has 0 amide bonds. The summed E-state index contributed by atoms with van der Waals surface area (Å²) >= 11 is 0. The largest absolute Gasteiger partial charge is 0.390 e. The number of aliphatic hydroxyl groups excluding tert-OH is 1. The number of nitro groups is 2. The van der Waals surface area contributed by atoms with Gasteiger partial charge in [-0.3, -0.25) is 24.8 Å². The van der Waals surface area contributed by atoms with E-state index in [0.717, 1.165) is 23.1 Å². The van der Waals surface area contributed by atoms with Gasteiger partial charge in [0.25, 0.3) is 11.4 Å². The minimum absolute atomic E-state index is 0.00455. The molecule has 1 aromatic heterocycles. The van der Waals surface area contributed by atoms with Gasteiger partial charge in [0.05, 0.1) is 27.6 Å². The quantitative estimate of drug-likeness (QED) is 0.325. The van der Waals surface area contributed by atoms with Gasteiger partial charge in [0.2, 0.25) is 0 Å². The van der Waals surface area contributed by atoms with E-state index < -0.39 is 51.5 Å². The third-order valence-electron chi connectivity index (χ3n) is 5.12. The summed E-state index contributed by atoms with van der Waals surface area (Å²) < 4.78 is 12.9. The van der Waals surface area contributed by atoms with Crippen molar-refractivity contribution in [1.82, 2.24) is 9.55 Å². The number of benzene rings is 1. The van der Waals surface area contributed by atoms with E-state index in [1.165, 1.54) is 18.3 Å². The number of rotatable bonds is 9. The van der Waals surface area contributed by atoms with Crippen LogP contribution in [0.15, 0.2) is 35.3 Å². The lowest BCUT2D eigenvalue weighted by molar-refractivity contribution is -0.395. The van der Waals surface area contributed by atoms with Crippen LogP contribution in [-0.4, -0.2) is 43.3 Å². The lowest BCUT2D eigenvalue weighted by Gasteiger charge is -2.26. The predicted octanol–water partition coefficient (Wildman–Crippen LogP) is 1.85. The predicted molar refractivity (Wildman–Crippen MR) is 111 cm³/mol. The van der Waals surface area contributed by atoms with Crippen molar-refractivity contribution in [3.63, 3.8) is 0 Å². The van der Waals surface area contributed by atoms with Crippen molar-refractivity contribution in [2.75, 3.05) is 12.3 Å². The smallest absolute Gasteiger partial charge is 0.351 e. The molecule has 3 rings (SSSR count). The van der Waals surface area contributed by atoms with Gasteiger partial charge in [-0.05, 0) is 18.6 Å². The van der Waals surface area contributed by atoms with Gasteiger partial charge in [-0.25, -0.2) is 4.79 Å². The third kappa shape index (κ3) is 4.90. The van der Waals surface area contributed by atoms with Gasteiger partial charge in [0, 0.05) is 25.3 Å². The molecule has 172 valence electrons. The van der Waals surface area contributed by atoms with E-state index in [1.807, 2.05) is 6.92 Å².